The van der Waals surface area contributed by atoms with E-state index < -0.39 is 12.2 Å². The first-order valence-electron chi connectivity index (χ1n) is 13.2. The average Bonchev–Trinajstić information content (AvgIpc) is 3.30. The van der Waals surface area contributed by atoms with Gasteiger partial charge in [-0.3, -0.25) is 14.6 Å². The van der Waals surface area contributed by atoms with Crippen LogP contribution in [0.5, 0.6) is 0 Å². The number of rotatable bonds is 10. The molecule has 2 aliphatic rings. The maximum absolute atomic E-state index is 13.4. The Labute approximate surface area is 225 Å². The minimum atomic E-state index is -0.506. The van der Waals surface area contributed by atoms with Crippen molar-refractivity contribution in [3.05, 3.63) is 108 Å². The van der Waals surface area contributed by atoms with Crippen molar-refractivity contribution in [2.24, 2.45) is 4.99 Å². The highest BCUT2D eigenvalue weighted by Crippen LogP contribution is 2.28. The van der Waals surface area contributed by atoms with E-state index in [1.807, 2.05) is 18.2 Å². The number of hydrogen-bond donors (Lipinski definition) is 0. The third-order valence-electron chi connectivity index (χ3n) is 7.37. The molecule has 0 bridgehead atoms. The van der Waals surface area contributed by atoms with Gasteiger partial charge in [-0.15, -0.1) is 0 Å². The van der Waals surface area contributed by atoms with Crippen molar-refractivity contribution >= 4 is 17.8 Å². The van der Waals surface area contributed by atoms with Crippen molar-refractivity contribution in [3.8, 4) is 0 Å². The molecule has 7 heteroatoms. The zero-order valence-corrected chi connectivity index (χ0v) is 22.1. The van der Waals surface area contributed by atoms with Gasteiger partial charge in [0.15, 0.2) is 12.2 Å². The third kappa shape index (κ3) is 5.63. The molecule has 38 heavy (non-hydrogen) atoms. The molecular formula is C31H35N5O2. The molecule has 0 saturated carbocycles. The van der Waals surface area contributed by atoms with Gasteiger partial charge in [0.1, 0.15) is 5.84 Å². The fourth-order valence-corrected chi connectivity index (χ4v) is 5.37. The molecule has 1 fully saturated rings. The molecule has 2 atom stereocenters. The Balaban J connectivity index is 1.40. The first-order valence-corrected chi connectivity index (χ1v) is 13.2. The van der Waals surface area contributed by atoms with E-state index in [9.17, 15) is 9.59 Å². The molecule has 0 aliphatic carbocycles. The van der Waals surface area contributed by atoms with Gasteiger partial charge >= 0.3 is 6.03 Å². The van der Waals surface area contributed by atoms with Crippen LogP contribution >= 0.6 is 0 Å². The Morgan fingerprint density at radius 3 is 1.82 bits per heavy atom. The normalized spacial score (nSPS) is 19.2. The topological polar surface area (TPSA) is 59.5 Å². The summed E-state index contributed by atoms with van der Waals surface area (Å²) in [6.45, 7) is 2.79. The number of amidine groups is 1. The van der Waals surface area contributed by atoms with E-state index >= 15 is 0 Å². The number of nitrogens with zero attached hydrogens (tertiary/aromatic N) is 5. The minimum Gasteiger partial charge on any atom is -0.344 e. The molecule has 0 aromatic heterocycles. The number of urea groups is 1. The number of hydrogen-bond acceptors (Lipinski definition) is 5. The standard InChI is InChI=1S/C31H35N5O2/c1-33-29-28(30(37)34(2)31(33)38)36(20-12-19-24-13-6-3-7-14-24)27(32-29)23-35(21-25-15-8-4-9-16-25)22-26-17-10-5-11-18-26/h3-11,13-18,28-29H,12,19-23H2,1-2H3. The van der Waals surface area contributed by atoms with Crippen LogP contribution in [0.3, 0.4) is 0 Å². The van der Waals surface area contributed by atoms with E-state index in [0.717, 1.165) is 31.8 Å². The number of likely N-dealkylation sites (N-methyl/N-ethyl adjacent to an activating group) is 2. The molecule has 2 heterocycles. The highest BCUT2D eigenvalue weighted by molar-refractivity contribution is 6.04. The molecule has 3 aromatic carbocycles. The van der Waals surface area contributed by atoms with Gasteiger partial charge in [-0.2, -0.15) is 0 Å². The highest BCUT2D eigenvalue weighted by atomic mass is 16.2. The highest BCUT2D eigenvalue weighted by Gasteiger charge is 2.50. The second kappa shape index (κ2) is 11.6. The molecule has 5 rings (SSSR count). The number of aryl methyl sites for hydroxylation is 1. The molecule has 196 valence electrons. The summed E-state index contributed by atoms with van der Waals surface area (Å²) < 4.78 is 0. The van der Waals surface area contributed by atoms with Crippen LogP contribution in [0, 0.1) is 0 Å². The molecule has 2 aliphatic heterocycles. The maximum atomic E-state index is 13.4. The lowest BCUT2D eigenvalue weighted by atomic mass is 10.1. The van der Waals surface area contributed by atoms with Crippen LogP contribution in [0.2, 0.25) is 0 Å². The lowest BCUT2D eigenvalue weighted by molar-refractivity contribution is -0.136. The number of imide groups is 1. The molecule has 2 unspecified atom stereocenters. The van der Waals surface area contributed by atoms with Crippen molar-refractivity contribution in [2.75, 3.05) is 27.2 Å². The Morgan fingerprint density at radius 1 is 0.737 bits per heavy atom. The van der Waals surface area contributed by atoms with Crippen LogP contribution in [-0.2, 0) is 24.3 Å². The predicted octanol–water partition coefficient (Wildman–Crippen LogP) is 4.25. The number of amides is 3. The van der Waals surface area contributed by atoms with E-state index in [1.54, 1.807) is 19.0 Å². The lowest BCUT2D eigenvalue weighted by Crippen LogP contribution is -2.64. The summed E-state index contributed by atoms with van der Waals surface area (Å²) >= 11 is 0. The Hall–Kier alpha value is -3.97. The van der Waals surface area contributed by atoms with E-state index in [1.165, 1.54) is 21.6 Å². The number of fused-ring (bicyclic) bond motifs is 1. The first-order chi connectivity index (χ1) is 18.5. The van der Waals surface area contributed by atoms with Gasteiger partial charge in [-0.05, 0) is 29.5 Å². The Bertz CT molecular complexity index is 1220. The molecule has 0 N–H and O–H groups in total. The van der Waals surface area contributed by atoms with Crippen LogP contribution in [0.25, 0.3) is 0 Å². The quantitative estimate of drug-likeness (QED) is 0.410. The van der Waals surface area contributed by atoms with Gasteiger partial charge in [-0.1, -0.05) is 91.0 Å². The van der Waals surface area contributed by atoms with E-state index in [-0.39, 0.29) is 11.9 Å². The predicted molar refractivity (Wildman–Crippen MR) is 149 cm³/mol. The summed E-state index contributed by atoms with van der Waals surface area (Å²) in [7, 11) is 3.30. The number of aliphatic imine (C=N–C) groups is 1. The monoisotopic (exact) mass is 509 g/mol. The molecule has 7 nitrogen and oxygen atoms in total. The molecule has 0 spiro atoms. The fraction of sp³-hybridized carbons (Fsp3) is 0.323. The molecular weight excluding hydrogens is 474 g/mol. The zero-order chi connectivity index (χ0) is 26.5. The molecule has 0 radical (unpaired) electrons. The van der Waals surface area contributed by atoms with Crippen molar-refractivity contribution in [2.45, 2.75) is 38.1 Å². The second-order valence-electron chi connectivity index (χ2n) is 10.1. The van der Waals surface area contributed by atoms with E-state index in [0.29, 0.717) is 13.1 Å². The summed E-state index contributed by atoms with van der Waals surface area (Å²) in [4.78, 5) is 38.5. The van der Waals surface area contributed by atoms with Crippen molar-refractivity contribution in [1.29, 1.82) is 0 Å². The molecule has 3 amide bonds. The van der Waals surface area contributed by atoms with Gasteiger partial charge in [0.25, 0.3) is 5.91 Å². The lowest BCUT2D eigenvalue weighted by Gasteiger charge is -2.40. The summed E-state index contributed by atoms with van der Waals surface area (Å²) in [5, 5.41) is 0. The van der Waals surface area contributed by atoms with E-state index in [2.05, 4.69) is 82.6 Å². The fourth-order valence-electron chi connectivity index (χ4n) is 5.37. The SMILES string of the molecule is CN1C(=O)C2C(N=C(CN(Cc3ccccc3)Cc3ccccc3)N2CCCc2ccccc2)N(C)C1=O. The maximum Gasteiger partial charge on any atom is 0.328 e. The van der Waals surface area contributed by atoms with Gasteiger partial charge in [0.2, 0.25) is 0 Å². The Morgan fingerprint density at radius 2 is 1.26 bits per heavy atom. The average molecular weight is 510 g/mol. The smallest absolute Gasteiger partial charge is 0.328 e. The van der Waals surface area contributed by atoms with E-state index in [4.69, 9.17) is 4.99 Å². The van der Waals surface area contributed by atoms with Crippen molar-refractivity contribution < 1.29 is 9.59 Å². The van der Waals surface area contributed by atoms with Crippen molar-refractivity contribution in [3.63, 3.8) is 0 Å². The summed E-state index contributed by atoms with van der Waals surface area (Å²) in [5.41, 5.74) is 3.72. The summed E-state index contributed by atoms with van der Waals surface area (Å²) in [6.07, 6.45) is 1.30. The van der Waals surface area contributed by atoms with Gasteiger partial charge in [0.05, 0.1) is 6.54 Å². The Kier molecular flexibility index (Phi) is 7.84. The first kappa shape index (κ1) is 25.7. The van der Waals surface area contributed by atoms with Crippen LogP contribution in [0.4, 0.5) is 4.79 Å². The van der Waals surface area contributed by atoms with Crippen LogP contribution < -0.4 is 0 Å². The molecule has 3 aromatic rings. The van der Waals surface area contributed by atoms with Gasteiger partial charge in [-0.25, -0.2) is 9.79 Å². The van der Waals surface area contributed by atoms with Crippen LogP contribution in [0.15, 0.2) is 96.0 Å². The zero-order valence-electron chi connectivity index (χ0n) is 22.1. The summed E-state index contributed by atoms with van der Waals surface area (Å²) in [6, 6.07) is 30.4. The third-order valence-corrected chi connectivity index (χ3v) is 7.37. The van der Waals surface area contributed by atoms with Gasteiger partial charge < -0.3 is 9.80 Å². The molecule has 1 saturated heterocycles. The van der Waals surface area contributed by atoms with Crippen LogP contribution in [-0.4, -0.2) is 76.8 Å². The number of benzene rings is 3. The number of carbonyl (C=O) groups is 2. The minimum absolute atomic E-state index is 0.186. The van der Waals surface area contributed by atoms with Crippen molar-refractivity contribution in [1.82, 2.24) is 19.6 Å². The summed E-state index contributed by atoms with van der Waals surface area (Å²) in [5.74, 6) is 0.678. The largest absolute Gasteiger partial charge is 0.344 e. The van der Waals surface area contributed by atoms with Gasteiger partial charge in [0, 0.05) is 33.7 Å². The second-order valence-corrected chi connectivity index (χ2v) is 10.1. The number of carbonyl (C=O) groups excluding carboxylic acids is 2. The van der Waals surface area contributed by atoms with Crippen LogP contribution in [0.1, 0.15) is 23.1 Å².